The largest absolute Gasteiger partial charge is 0.322 e. The normalized spacial score (nSPS) is 10.7. The van der Waals surface area contributed by atoms with Crippen LogP contribution in [0.5, 0.6) is 0 Å². The average molecular weight is 358 g/mol. The number of hydrogen-bond acceptors (Lipinski definition) is 4. The first-order chi connectivity index (χ1) is 13.2. The third kappa shape index (κ3) is 3.77. The highest BCUT2D eigenvalue weighted by molar-refractivity contribution is 6.04. The number of nitrogens with zero attached hydrogens (tertiary/aromatic N) is 5. The highest BCUT2D eigenvalue weighted by atomic mass is 16.1. The predicted molar refractivity (Wildman–Crippen MR) is 102 cm³/mol. The Labute approximate surface area is 156 Å². The number of carbonyl (C=O) groups excluding carboxylic acids is 1. The fourth-order valence-electron chi connectivity index (χ4n) is 2.82. The third-order valence-corrected chi connectivity index (χ3v) is 4.17. The van der Waals surface area contributed by atoms with Crippen molar-refractivity contribution in [3.63, 3.8) is 0 Å². The van der Waals surface area contributed by atoms with Crippen LogP contribution in [0.2, 0.25) is 0 Å². The van der Waals surface area contributed by atoms with Crippen LogP contribution < -0.4 is 5.32 Å². The molecule has 1 N–H and O–H groups in total. The minimum Gasteiger partial charge on any atom is -0.322 e. The molecule has 0 saturated heterocycles. The van der Waals surface area contributed by atoms with Gasteiger partial charge in [-0.3, -0.25) is 9.48 Å². The standard InChI is InChI=1S/C20H18N6O/c1-25-14-21-24-19(25)16-8-5-9-18(10-16)23-20(27)17-11-22-26(13-17)12-15-6-3-2-4-7-15/h2-11,13-14H,12H2,1H3,(H,23,27). The lowest BCUT2D eigenvalue weighted by molar-refractivity contribution is 0.102. The molecule has 1 amide bonds. The summed E-state index contributed by atoms with van der Waals surface area (Å²) in [6.45, 7) is 0.621. The highest BCUT2D eigenvalue weighted by Crippen LogP contribution is 2.20. The van der Waals surface area contributed by atoms with Gasteiger partial charge in [-0.25, -0.2) is 0 Å². The summed E-state index contributed by atoms with van der Waals surface area (Å²) in [4.78, 5) is 12.5. The Kier molecular flexibility index (Phi) is 4.49. The van der Waals surface area contributed by atoms with E-state index in [-0.39, 0.29) is 5.91 Å². The van der Waals surface area contributed by atoms with Gasteiger partial charge >= 0.3 is 0 Å². The minimum absolute atomic E-state index is 0.204. The van der Waals surface area contributed by atoms with E-state index in [0.29, 0.717) is 17.8 Å². The molecule has 2 aromatic heterocycles. The summed E-state index contributed by atoms with van der Waals surface area (Å²) in [6, 6.07) is 17.5. The summed E-state index contributed by atoms with van der Waals surface area (Å²) in [7, 11) is 1.88. The van der Waals surface area contributed by atoms with Crippen molar-refractivity contribution in [2.75, 3.05) is 5.32 Å². The summed E-state index contributed by atoms with van der Waals surface area (Å²) in [5, 5.41) is 15.2. The molecule has 0 aliphatic rings. The first kappa shape index (κ1) is 16.7. The number of carbonyl (C=O) groups is 1. The molecule has 0 unspecified atom stereocenters. The van der Waals surface area contributed by atoms with Gasteiger partial charge in [0, 0.05) is 24.5 Å². The van der Waals surface area contributed by atoms with Crippen LogP contribution in [0.3, 0.4) is 0 Å². The van der Waals surface area contributed by atoms with E-state index in [0.717, 1.165) is 17.0 Å². The van der Waals surface area contributed by atoms with Crippen molar-refractivity contribution >= 4 is 11.6 Å². The Balaban J connectivity index is 1.48. The van der Waals surface area contributed by atoms with Gasteiger partial charge in [0.1, 0.15) is 6.33 Å². The van der Waals surface area contributed by atoms with E-state index in [1.54, 1.807) is 23.4 Å². The van der Waals surface area contributed by atoms with Crippen molar-refractivity contribution in [2.45, 2.75) is 6.54 Å². The van der Waals surface area contributed by atoms with Gasteiger partial charge in [0.25, 0.3) is 5.91 Å². The quantitative estimate of drug-likeness (QED) is 0.595. The Morgan fingerprint density at radius 1 is 1.11 bits per heavy atom. The smallest absolute Gasteiger partial charge is 0.258 e. The van der Waals surface area contributed by atoms with Crippen LogP contribution in [0.4, 0.5) is 5.69 Å². The summed E-state index contributed by atoms with van der Waals surface area (Å²) in [5.41, 5.74) is 3.21. The van der Waals surface area contributed by atoms with E-state index in [1.165, 1.54) is 0 Å². The lowest BCUT2D eigenvalue weighted by Gasteiger charge is -2.06. The molecule has 0 spiro atoms. The summed E-state index contributed by atoms with van der Waals surface area (Å²) in [5.74, 6) is 0.534. The molecule has 0 saturated carbocycles. The van der Waals surface area contributed by atoms with Crippen molar-refractivity contribution < 1.29 is 4.79 Å². The second kappa shape index (κ2) is 7.25. The number of aromatic nitrogens is 5. The van der Waals surface area contributed by atoms with Gasteiger partial charge in [-0.2, -0.15) is 5.10 Å². The number of anilines is 1. The molecule has 0 fully saturated rings. The fourth-order valence-corrected chi connectivity index (χ4v) is 2.82. The number of rotatable bonds is 5. The SMILES string of the molecule is Cn1cnnc1-c1cccc(NC(=O)c2cnn(Cc3ccccc3)c2)c1. The molecule has 0 aliphatic carbocycles. The molecule has 0 radical (unpaired) electrons. The molecule has 4 rings (SSSR count). The Bertz CT molecular complexity index is 1070. The topological polar surface area (TPSA) is 77.6 Å². The molecule has 4 aromatic rings. The lowest BCUT2D eigenvalue weighted by atomic mass is 10.2. The molecular formula is C20H18N6O. The first-order valence-corrected chi connectivity index (χ1v) is 8.51. The van der Waals surface area contributed by atoms with Gasteiger partial charge in [-0.05, 0) is 17.7 Å². The van der Waals surface area contributed by atoms with Gasteiger partial charge in [-0.15, -0.1) is 10.2 Å². The van der Waals surface area contributed by atoms with Gasteiger partial charge in [0.15, 0.2) is 5.82 Å². The van der Waals surface area contributed by atoms with E-state index < -0.39 is 0 Å². The summed E-state index contributed by atoms with van der Waals surface area (Å²) >= 11 is 0. The van der Waals surface area contributed by atoms with Crippen LogP contribution in [-0.4, -0.2) is 30.5 Å². The van der Waals surface area contributed by atoms with Crippen molar-refractivity contribution in [3.8, 4) is 11.4 Å². The second-order valence-corrected chi connectivity index (χ2v) is 6.21. The molecule has 0 atom stereocenters. The highest BCUT2D eigenvalue weighted by Gasteiger charge is 2.11. The maximum absolute atomic E-state index is 12.5. The molecule has 2 heterocycles. The average Bonchev–Trinajstić information content (AvgIpc) is 3.32. The summed E-state index contributed by atoms with van der Waals surface area (Å²) < 4.78 is 3.58. The predicted octanol–water partition coefficient (Wildman–Crippen LogP) is 2.98. The van der Waals surface area contributed by atoms with Crippen molar-refractivity contribution in [3.05, 3.63) is 84.4 Å². The van der Waals surface area contributed by atoms with Crippen LogP contribution in [0.15, 0.2) is 73.3 Å². The van der Waals surface area contributed by atoms with Gasteiger partial charge < -0.3 is 9.88 Å². The molecule has 7 nitrogen and oxygen atoms in total. The van der Waals surface area contributed by atoms with E-state index in [4.69, 9.17) is 0 Å². The number of hydrogen-bond donors (Lipinski definition) is 1. The monoisotopic (exact) mass is 358 g/mol. The zero-order valence-electron chi connectivity index (χ0n) is 14.8. The zero-order chi connectivity index (χ0) is 18.6. The van der Waals surface area contributed by atoms with E-state index in [9.17, 15) is 4.79 Å². The summed E-state index contributed by atoms with van der Waals surface area (Å²) in [6.07, 6.45) is 4.96. The van der Waals surface area contributed by atoms with Crippen molar-refractivity contribution in [1.82, 2.24) is 24.5 Å². The maximum atomic E-state index is 12.5. The Morgan fingerprint density at radius 2 is 1.96 bits per heavy atom. The van der Waals surface area contributed by atoms with Crippen LogP contribution >= 0.6 is 0 Å². The van der Waals surface area contributed by atoms with Crippen LogP contribution in [0, 0.1) is 0 Å². The molecule has 27 heavy (non-hydrogen) atoms. The van der Waals surface area contributed by atoms with Crippen LogP contribution in [0.1, 0.15) is 15.9 Å². The molecule has 7 heteroatoms. The van der Waals surface area contributed by atoms with Crippen molar-refractivity contribution in [1.29, 1.82) is 0 Å². The molecule has 0 aliphatic heterocycles. The number of benzene rings is 2. The Morgan fingerprint density at radius 3 is 2.74 bits per heavy atom. The molecular weight excluding hydrogens is 340 g/mol. The fraction of sp³-hybridized carbons (Fsp3) is 0.100. The van der Waals surface area contributed by atoms with E-state index in [2.05, 4.69) is 20.6 Å². The van der Waals surface area contributed by atoms with Gasteiger partial charge in [-0.1, -0.05) is 42.5 Å². The van der Waals surface area contributed by atoms with Crippen molar-refractivity contribution in [2.24, 2.45) is 7.05 Å². The molecule has 2 aromatic carbocycles. The van der Waals surface area contributed by atoms with Gasteiger partial charge in [0.05, 0.1) is 18.3 Å². The second-order valence-electron chi connectivity index (χ2n) is 6.21. The molecule has 134 valence electrons. The Hall–Kier alpha value is -3.74. The first-order valence-electron chi connectivity index (χ1n) is 8.51. The number of aryl methyl sites for hydroxylation is 1. The van der Waals surface area contributed by atoms with E-state index >= 15 is 0 Å². The zero-order valence-corrected chi connectivity index (χ0v) is 14.8. The molecule has 0 bridgehead atoms. The van der Waals surface area contributed by atoms with E-state index in [1.807, 2.05) is 66.2 Å². The third-order valence-electron chi connectivity index (χ3n) is 4.17. The maximum Gasteiger partial charge on any atom is 0.258 e. The lowest BCUT2D eigenvalue weighted by Crippen LogP contribution is -2.11. The number of nitrogens with one attached hydrogen (secondary N) is 1. The minimum atomic E-state index is -0.204. The number of amides is 1. The van der Waals surface area contributed by atoms with Gasteiger partial charge in [0.2, 0.25) is 0 Å². The van der Waals surface area contributed by atoms with Crippen LogP contribution in [0.25, 0.3) is 11.4 Å². The van der Waals surface area contributed by atoms with Crippen LogP contribution in [-0.2, 0) is 13.6 Å².